The lowest BCUT2D eigenvalue weighted by atomic mass is 9.92. The van der Waals surface area contributed by atoms with Gasteiger partial charge in [0.1, 0.15) is 6.61 Å². The third-order valence-corrected chi connectivity index (χ3v) is 5.01. The third-order valence-electron chi connectivity index (χ3n) is 5.01. The van der Waals surface area contributed by atoms with Crippen LogP contribution < -0.4 is 0 Å². The van der Waals surface area contributed by atoms with Gasteiger partial charge in [0.25, 0.3) is 0 Å². The Hall–Kier alpha value is -2.19. The molecule has 2 rings (SSSR count). The normalized spacial score (nSPS) is 20.9. The van der Waals surface area contributed by atoms with Crippen LogP contribution in [0.3, 0.4) is 0 Å². The largest absolute Gasteiger partial charge is 0.478 e. The molecule has 1 saturated carbocycles. The number of oxime groups is 1. The Morgan fingerprint density at radius 3 is 2.30 bits per heavy atom. The predicted molar refractivity (Wildman–Crippen MR) is 118 cm³/mol. The summed E-state index contributed by atoms with van der Waals surface area (Å²) in [4.78, 5) is 29.6. The number of hydrogen-bond donors (Lipinski definition) is 2. The maximum absolute atomic E-state index is 9.55. The molecule has 0 amide bonds. The summed E-state index contributed by atoms with van der Waals surface area (Å²) in [7, 11) is 2.20. The highest BCUT2D eigenvalue weighted by Crippen LogP contribution is 2.22. The number of allylic oxidation sites excluding steroid dienone is 2. The van der Waals surface area contributed by atoms with Crippen LogP contribution in [0.1, 0.15) is 51.9 Å². The van der Waals surface area contributed by atoms with Crippen molar-refractivity contribution < 1.29 is 24.6 Å². The lowest BCUT2D eigenvalue weighted by Gasteiger charge is -2.32. The van der Waals surface area contributed by atoms with Gasteiger partial charge in [-0.25, -0.2) is 9.59 Å². The van der Waals surface area contributed by atoms with E-state index in [0.29, 0.717) is 12.2 Å². The Balaban J connectivity index is 0.000000479. The first-order valence-electron chi connectivity index (χ1n) is 10.9. The van der Waals surface area contributed by atoms with Crippen molar-refractivity contribution in [2.45, 2.75) is 51.9 Å². The van der Waals surface area contributed by atoms with E-state index in [1.54, 1.807) is 0 Å². The van der Waals surface area contributed by atoms with Gasteiger partial charge in [0.2, 0.25) is 0 Å². The average Bonchev–Trinajstić information content (AvgIpc) is 2.73. The van der Waals surface area contributed by atoms with Crippen LogP contribution in [-0.2, 0) is 14.4 Å². The second-order valence-electron chi connectivity index (χ2n) is 7.60. The molecule has 0 unspecified atom stereocenters. The third kappa shape index (κ3) is 12.4. The Morgan fingerprint density at radius 1 is 1.07 bits per heavy atom. The van der Waals surface area contributed by atoms with Crippen molar-refractivity contribution in [1.82, 2.24) is 9.80 Å². The fourth-order valence-electron chi connectivity index (χ4n) is 3.25. The van der Waals surface area contributed by atoms with E-state index in [9.17, 15) is 9.59 Å². The minimum atomic E-state index is -1.26. The van der Waals surface area contributed by atoms with Gasteiger partial charge in [-0.3, -0.25) is 0 Å². The van der Waals surface area contributed by atoms with E-state index in [1.807, 2.05) is 0 Å². The van der Waals surface area contributed by atoms with Gasteiger partial charge in [0.05, 0.1) is 5.71 Å². The molecular formula is C22H37N3O5. The summed E-state index contributed by atoms with van der Waals surface area (Å²) < 4.78 is 0. The molecule has 0 aromatic carbocycles. The van der Waals surface area contributed by atoms with Gasteiger partial charge in [-0.2, -0.15) is 0 Å². The number of hydrogen-bond acceptors (Lipinski definition) is 6. The zero-order chi connectivity index (χ0) is 22.2. The summed E-state index contributed by atoms with van der Waals surface area (Å²) in [6.45, 7) is 8.87. The standard InChI is InChI=1S/C18H33N3O.C4H4O4/c1-3-4-8-17-9-5-6-10-18(17)19-22-16-7-11-21-14-12-20(2)13-15-21;5-3(6)1-2-4(7)8/h8H,3-7,9-16H2,1-2H3;1-2H,(H,5,6)(H,7,8). The van der Waals surface area contributed by atoms with Crippen molar-refractivity contribution in [2.75, 3.05) is 46.4 Å². The molecule has 0 spiro atoms. The molecule has 0 bridgehead atoms. The fourth-order valence-corrected chi connectivity index (χ4v) is 3.25. The van der Waals surface area contributed by atoms with Gasteiger partial charge >= 0.3 is 11.9 Å². The lowest BCUT2D eigenvalue weighted by molar-refractivity contribution is -0.134. The molecule has 0 aromatic heterocycles. The van der Waals surface area contributed by atoms with Gasteiger partial charge in [0.15, 0.2) is 0 Å². The number of carboxylic acids is 2. The van der Waals surface area contributed by atoms with Gasteiger partial charge in [0, 0.05) is 44.9 Å². The summed E-state index contributed by atoms with van der Waals surface area (Å²) in [6, 6.07) is 0. The van der Waals surface area contributed by atoms with Crippen molar-refractivity contribution in [3.8, 4) is 0 Å². The highest BCUT2D eigenvalue weighted by Gasteiger charge is 2.14. The Labute approximate surface area is 179 Å². The quantitative estimate of drug-likeness (QED) is 0.334. The van der Waals surface area contributed by atoms with E-state index in [2.05, 4.69) is 35.0 Å². The molecule has 1 aliphatic carbocycles. The Morgan fingerprint density at radius 2 is 1.70 bits per heavy atom. The number of rotatable bonds is 9. The van der Waals surface area contributed by atoms with Crippen LogP contribution in [0.2, 0.25) is 0 Å². The monoisotopic (exact) mass is 423 g/mol. The first kappa shape index (κ1) is 25.8. The molecule has 170 valence electrons. The SMILES string of the molecule is CCCC=C1CCCCC1=NOCCCN1CCN(C)CC1.O=C(O)C=CC(=O)O. The first-order chi connectivity index (χ1) is 14.4. The lowest BCUT2D eigenvalue weighted by Crippen LogP contribution is -2.44. The summed E-state index contributed by atoms with van der Waals surface area (Å²) in [5.74, 6) is -2.51. The van der Waals surface area contributed by atoms with Gasteiger partial charge in [-0.05, 0) is 51.1 Å². The van der Waals surface area contributed by atoms with Gasteiger partial charge in [-0.1, -0.05) is 24.6 Å². The van der Waals surface area contributed by atoms with Crippen LogP contribution >= 0.6 is 0 Å². The second kappa shape index (κ2) is 15.6. The van der Waals surface area contributed by atoms with E-state index >= 15 is 0 Å². The predicted octanol–water partition coefficient (Wildman–Crippen LogP) is 3.01. The zero-order valence-electron chi connectivity index (χ0n) is 18.4. The number of carboxylic acid groups (broad SMARTS) is 2. The summed E-state index contributed by atoms with van der Waals surface area (Å²) >= 11 is 0. The molecule has 0 radical (unpaired) electrons. The molecule has 8 nitrogen and oxygen atoms in total. The van der Waals surface area contributed by atoms with E-state index in [1.165, 1.54) is 63.1 Å². The van der Waals surface area contributed by atoms with E-state index in [-0.39, 0.29) is 0 Å². The highest BCUT2D eigenvalue weighted by molar-refractivity contribution is 6.00. The number of nitrogens with zero attached hydrogens (tertiary/aromatic N) is 3. The van der Waals surface area contributed by atoms with Crippen molar-refractivity contribution in [3.63, 3.8) is 0 Å². The molecule has 1 saturated heterocycles. The fraction of sp³-hybridized carbons (Fsp3) is 0.682. The molecule has 2 aliphatic rings. The van der Waals surface area contributed by atoms with Crippen LogP contribution in [0.4, 0.5) is 0 Å². The zero-order valence-corrected chi connectivity index (χ0v) is 18.4. The van der Waals surface area contributed by atoms with Crippen molar-refractivity contribution >= 4 is 17.7 Å². The molecule has 2 fully saturated rings. The van der Waals surface area contributed by atoms with E-state index in [4.69, 9.17) is 15.1 Å². The van der Waals surface area contributed by atoms with Crippen molar-refractivity contribution in [3.05, 3.63) is 23.8 Å². The van der Waals surface area contributed by atoms with E-state index in [0.717, 1.165) is 32.4 Å². The number of likely N-dealkylation sites (N-methyl/N-ethyl adjacent to an activating group) is 1. The first-order valence-corrected chi connectivity index (χ1v) is 10.9. The number of piperazine rings is 1. The molecule has 0 atom stereocenters. The van der Waals surface area contributed by atoms with E-state index < -0.39 is 11.9 Å². The minimum Gasteiger partial charge on any atom is -0.478 e. The smallest absolute Gasteiger partial charge is 0.328 e. The van der Waals surface area contributed by atoms with Crippen LogP contribution in [-0.4, -0.2) is 84.0 Å². The summed E-state index contributed by atoms with van der Waals surface area (Å²) in [5, 5.41) is 20.1. The minimum absolute atomic E-state index is 0.558. The topological polar surface area (TPSA) is 103 Å². The number of aliphatic carboxylic acids is 2. The molecule has 30 heavy (non-hydrogen) atoms. The molecule has 8 heteroatoms. The Bertz CT molecular complexity index is 592. The number of carbonyl (C=O) groups is 2. The molecular weight excluding hydrogens is 386 g/mol. The van der Waals surface area contributed by atoms with Crippen LogP contribution in [0.5, 0.6) is 0 Å². The van der Waals surface area contributed by atoms with Crippen LogP contribution in [0.25, 0.3) is 0 Å². The van der Waals surface area contributed by atoms with Gasteiger partial charge in [-0.15, -0.1) is 0 Å². The highest BCUT2D eigenvalue weighted by atomic mass is 16.6. The van der Waals surface area contributed by atoms with Crippen molar-refractivity contribution in [1.29, 1.82) is 0 Å². The summed E-state index contributed by atoms with van der Waals surface area (Å²) in [6.07, 6.45) is 11.8. The summed E-state index contributed by atoms with van der Waals surface area (Å²) in [5.41, 5.74) is 2.64. The maximum Gasteiger partial charge on any atom is 0.328 e. The molecule has 1 heterocycles. The number of unbranched alkanes of at least 4 members (excludes halogenated alkanes) is 1. The van der Waals surface area contributed by atoms with Crippen molar-refractivity contribution in [2.24, 2.45) is 5.16 Å². The Kier molecular flexibility index (Phi) is 13.5. The second-order valence-corrected chi connectivity index (χ2v) is 7.60. The van der Waals surface area contributed by atoms with Crippen LogP contribution in [0, 0.1) is 0 Å². The average molecular weight is 424 g/mol. The maximum atomic E-state index is 9.55. The molecule has 2 N–H and O–H groups in total. The molecule has 0 aromatic rings. The van der Waals surface area contributed by atoms with Gasteiger partial charge < -0.3 is 24.9 Å². The molecule has 1 aliphatic heterocycles. The van der Waals surface area contributed by atoms with Crippen LogP contribution in [0.15, 0.2) is 29.0 Å².